The Balaban J connectivity index is 2.81. The van der Waals surface area contributed by atoms with Crippen LogP contribution >= 0.6 is 0 Å². The first-order valence-electron chi connectivity index (χ1n) is 5.08. The van der Waals surface area contributed by atoms with E-state index in [1.807, 2.05) is 0 Å². The Kier molecular flexibility index (Phi) is 4.76. The molecule has 0 aliphatic heterocycles. The Bertz CT molecular complexity index is 589. The maximum Gasteiger partial charge on any atom is 0.303 e. The molecule has 0 aliphatic carbocycles. The van der Waals surface area contributed by atoms with Gasteiger partial charge in [0.2, 0.25) is 10.0 Å². The Labute approximate surface area is 107 Å². The van der Waals surface area contributed by atoms with E-state index in [1.165, 1.54) is 0 Å². The number of carboxylic acid groups (broad SMARTS) is 1. The van der Waals surface area contributed by atoms with Crippen molar-refractivity contribution in [3.05, 3.63) is 29.6 Å². The molecule has 9 heteroatoms. The van der Waals surface area contributed by atoms with Crippen LogP contribution in [0.25, 0.3) is 0 Å². The second-order valence-electron chi connectivity index (χ2n) is 3.67. The first kappa shape index (κ1) is 15.3. The molecular weight excluding hydrogens is 287 g/mol. The summed E-state index contributed by atoms with van der Waals surface area (Å²) in [6.45, 7) is 0. The van der Waals surface area contributed by atoms with Crippen molar-refractivity contribution in [2.24, 2.45) is 0 Å². The largest absolute Gasteiger partial charge is 0.481 e. The van der Waals surface area contributed by atoms with Gasteiger partial charge in [0.1, 0.15) is 5.82 Å². The number of aliphatic carboxylic acids is 1. The van der Waals surface area contributed by atoms with Crippen LogP contribution in [0.5, 0.6) is 0 Å². The zero-order valence-electron chi connectivity index (χ0n) is 9.49. The molecular formula is C10H10F3NO4S. The van der Waals surface area contributed by atoms with Gasteiger partial charge >= 0.3 is 5.97 Å². The molecule has 1 aromatic rings. The van der Waals surface area contributed by atoms with Gasteiger partial charge in [-0.25, -0.2) is 21.6 Å². The number of sulfonamides is 1. The smallest absolute Gasteiger partial charge is 0.303 e. The van der Waals surface area contributed by atoms with Crippen molar-refractivity contribution < 1.29 is 31.5 Å². The highest BCUT2D eigenvalue weighted by Crippen LogP contribution is 2.20. The summed E-state index contributed by atoms with van der Waals surface area (Å²) in [6, 6.07) is 0.769. The molecule has 0 aromatic heterocycles. The first-order valence-corrected chi connectivity index (χ1v) is 6.73. The zero-order chi connectivity index (χ0) is 14.6. The zero-order valence-corrected chi connectivity index (χ0v) is 10.3. The maximum absolute atomic E-state index is 13.2. The molecule has 0 atom stereocenters. The standard InChI is InChI=1S/C10H10F3NO4S/c11-6-4-7(12)10(13)8(5-6)14-19(17,18)3-1-2-9(15)16/h4-5,14H,1-3H2,(H,15,16). The van der Waals surface area contributed by atoms with Crippen LogP contribution in [0.4, 0.5) is 18.9 Å². The van der Waals surface area contributed by atoms with Gasteiger partial charge in [0.05, 0.1) is 11.4 Å². The third-order valence-electron chi connectivity index (χ3n) is 2.06. The fraction of sp³-hybridized carbons (Fsp3) is 0.300. The molecule has 5 nitrogen and oxygen atoms in total. The SMILES string of the molecule is O=C(O)CCCS(=O)(=O)Nc1cc(F)cc(F)c1F. The van der Waals surface area contributed by atoms with Crippen LogP contribution in [-0.2, 0) is 14.8 Å². The quantitative estimate of drug-likeness (QED) is 0.783. The molecule has 0 aliphatic rings. The summed E-state index contributed by atoms with van der Waals surface area (Å²) in [6.07, 6.45) is -0.592. The lowest BCUT2D eigenvalue weighted by molar-refractivity contribution is -0.137. The highest BCUT2D eigenvalue weighted by molar-refractivity contribution is 7.92. The van der Waals surface area contributed by atoms with Gasteiger partial charge in [-0.3, -0.25) is 9.52 Å². The molecule has 0 bridgehead atoms. The molecule has 0 heterocycles. The van der Waals surface area contributed by atoms with Gasteiger partial charge in [0.15, 0.2) is 11.6 Å². The van der Waals surface area contributed by atoms with E-state index in [2.05, 4.69) is 0 Å². The molecule has 0 fully saturated rings. The van der Waals surface area contributed by atoms with Crippen molar-refractivity contribution in [1.82, 2.24) is 0 Å². The van der Waals surface area contributed by atoms with Gasteiger partial charge in [-0.1, -0.05) is 0 Å². The number of hydrogen-bond acceptors (Lipinski definition) is 3. The van der Waals surface area contributed by atoms with E-state index in [0.29, 0.717) is 6.07 Å². The molecule has 0 saturated carbocycles. The predicted molar refractivity (Wildman–Crippen MR) is 60.6 cm³/mol. The highest BCUT2D eigenvalue weighted by Gasteiger charge is 2.17. The lowest BCUT2D eigenvalue weighted by Crippen LogP contribution is -2.18. The van der Waals surface area contributed by atoms with Crippen LogP contribution < -0.4 is 4.72 Å². The minimum Gasteiger partial charge on any atom is -0.481 e. The second kappa shape index (κ2) is 5.91. The summed E-state index contributed by atoms with van der Waals surface area (Å²) < 4.78 is 63.4. The number of halogens is 3. The van der Waals surface area contributed by atoms with Crippen LogP contribution in [0, 0.1) is 17.5 Å². The fourth-order valence-corrected chi connectivity index (χ4v) is 2.37. The fourth-order valence-electron chi connectivity index (χ4n) is 1.26. The van der Waals surface area contributed by atoms with E-state index in [1.54, 1.807) is 4.72 Å². The molecule has 0 spiro atoms. The molecule has 1 aromatic carbocycles. The third-order valence-corrected chi connectivity index (χ3v) is 3.42. The van der Waals surface area contributed by atoms with Crippen LogP contribution in [0.1, 0.15) is 12.8 Å². The summed E-state index contributed by atoms with van der Waals surface area (Å²) in [7, 11) is -4.07. The Morgan fingerprint density at radius 1 is 1.26 bits per heavy atom. The van der Waals surface area contributed by atoms with Gasteiger partial charge in [0, 0.05) is 18.6 Å². The van der Waals surface area contributed by atoms with E-state index >= 15 is 0 Å². The van der Waals surface area contributed by atoms with Crippen LogP contribution in [-0.4, -0.2) is 25.2 Å². The third kappa shape index (κ3) is 4.78. The van der Waals surface area contributed by atoms with Gasteiger partial charge < -0.3 is 5.11 Å². The van der Waals surface area contributed by atoms with Gasteiger partial charge in [-0.15, -0.1) is 0 Å². The number of hydrogen-bond donors (Lipinski definition) is 2. The second-order valence-corrected chi connectivity index (χ2v) is 5.51. The Morgan fingerprint density at radius 3 is 2.47 bits per heavy atom. The molecule has 0 amide bonds. The van der Waals surface area contributed by atoms with Crippen molar-refractivity contribution >= 4 is 21.7 Å². The van der Waals surface area contributed by atoms with Gasteiger partial charge in [-0.2, -0.15) is 0 Å². The van der Waals surface area contributed by atoms with E-state index in [0.717, 1.165) is 0 Å². The molecule has 0 saturated heterocycles. The lowest BCUT2D eigenvalue weighted by Gasteiger charge is -2.09. The number of anilines is 1. The van der Waals surface area contributed by atoms with Crippen molar-refractivity contribution in [2.75, 3.05) is 10.5 Å². The summed E-state index contributed by atoms with van der Waals surface area (Å²) >= 11 is 0. The number of benzene rings is 1. The van der Waals surface area contributed by atoms with Crippen LogP contribution in [0.15, 0.2) is 12.1 Å². The number of nitrogens with one attached hydrogen (secondary N) is 1. The normalized spacial score (nSPS) is 11.3. The minimum absolute atomic E-state index is 0.204. The monoisotopic (exact) mass is 297 g/mol. The van der Waals surface area contributed by atoms with Crippen LogP contribution in [0.2, 0.25) is 0 Å². The van der Waals surface area contributed by atoms with E-state index in [4.69, 9.17) is 5.11 Å². The van der Waals surface area contributed by atoms with E-state index in [9.17, 15) is 26.4 Å². The molecule has 0 radical (unpaired) electrons. The predicted octanol–water partition coefficient (Wildman–Crippen LogP) is 1.71. The van der Waals surface area contributed by atoms with E-state index in [-0.39, 0.29) is 18.9 Å². The van der Waals surface area contributed by atoms with Gasteiger partial charge in [-0.05, 0) is 6.42 Å². The number of carbonyl (C=O) groups is 1. The Morgan fingerprint density at radius 2 is 1.89 bits per heavy atom. The van der Waals surface area contributed by atoms with Crippen molar-refractivity contribution in [3.8, 4) is 0 Å². The first-order chi connectivity index (χ1) is 8.71. The van der Waals surface area contributed by atoms with Crippen molar-refractivity contribution in [2.45, 2.75) is 12.8 Å². The topological polar surface area (TPSA) is 83.5 Å². The summed E-state index contributed by atoms with van der Waals surface area (Å²) in [5, 5.41) is 8.34. The summed E-state index contributed by atoms with van der Waals surface area (Å²) in [5.74, 6) is -5.97. The van der Waals surface area contributed by atoms with Crippen molar-refractivity contribution in [1.29, 1.82) is 0 Å². The lowest BCUT2D eigenvalue weighted by atomic mass is 10.3. The van der Waals surface area contributed by atoms with E-state index < -0.39 is 44.9 Å². The molecule has 106 valence electrons. The molecule has 2 N–H and O–H groups in total. The Hall–Kier alpha value is -1.77. The van der Waals surface area contributed by atoms with Gasteiger partial charge in [0.25, 0.3) is 0 Å². The number of rotatable bonds is 6. The highest BCUT2D eigenvalue weighted by atomic mass is 32.2. The molecule has 1 rings (SSSR count). The molecule has 19 heavy (non-hydrogen) atoms. The average molecular weight is 297 g/mol. The minimum atomic E-state index is -4.07. The summed E-state index contributed by atoms with van der Waals surface area (Å²) in [5.41, 5.74) is -0.854. The summed E-state index contributed by atoms with van der Waals surface area (Å²) in [4.78, 5) is 10.2. The number of carboxylic acids is 1. The van der Waals surface area contributed by atoms with Crippen molar-refractivity contribution in [3.63, 3.8) is 0 Å². The van der Waals surface area contributed by atoms with Crippen LogP contribution in [0.3, 0.4) is 0 Å². The average Bonchev–Trinajstić information content (AvgIpc) is 2.23. The maximum atomic E-state index is 13.2. The molecule has 0 unspecified atom stereocenters.